The van der Waals surface area contributed by atoms with Gasteiger partial charge in [0.05, 0.1) is 5.60 Å². The highest BCUT2D eigenvalue weighted by atomic mass is 35.5. The van der Waals surface area contributed by atoms with E-state index in [1.54, 1.807) is 6.07 Å². The first-order valence-electron chi connectivity index (χ1n) is 5.25. The second-order valence-electron chi connectivity index (χ2n) is 4.19. The van der Waals surface area contributed by atoms with Crippen LogP contribution in [0.2, 0.25) is 5.15 Å². The molecule has 1 fully saturated rings. The number of nitrogen functional groups attached to an aromatic ring is 1. The molecule has 0 aliphatic carbocycles. The Bertz CT molecular complexity index is 359. The van der Waals surface area contributed by atoms with Crippen LogP contribution in [-0.2, 0) is 4.74 Å². The van der Waals surface area contributed by atoms with E-state index in [0.29, 0.717) is 17.5 Å². The molecule has 0 radical (unpaired) electrons. The summed E-state index contributed by atoms with van der Waals surface area (Å²) in [6.45, 7) is 3.60. The molecular weight excluding hydrogens is 228 g/mol. The summed E-state index contributed by atoms with van der Waals surface area (Å²) in [5, 5.41) is 3.51. The lowest BCUT2D eigenvalue weighted by Crippen LogP contribution is -2.32. The van der Waals surface area contributed by atoms with Gasteiger partial charge in [0.2, 0.25) is 5.95 Å². The molecule has 1 aromatic rings. The summed E-state index contributed by atoms with van der Waals surface area (Å²) in [5.41, 5.74) is 5.38. The summed E-state index contributed by atoms with van der Waals surface area (Å²) >= 11 is 5.78. The fraction of sp³-hybridized carbons (Fsp3) is 0.600. The number of nitrogens with one attached hydrogen (secondary N) is 1. The van der Waals surface area contributed by atoms with E-state index < -0.39 is 0 Å². The molecule has 6 heteroatoms. The number of nitrogens with zero attached hydrogens (tertiary/aromatic N) is 2. The largest absolute Gasteiger partial charge is 0.373 e. The van der Waals surface area contributed by atoms with Crippen LogP contribution in [0.25, 0.3) is 0 Å². The number of anilines is 2. The average molecular weight is 243 g/mol. The van der Waals surface area contributed by atoms with Gasteiger partial charge in [-0.1, -0.05) is 11.6 Å². The Morgan fingerprint density at radius 1 is 1.62 bits per heavy atom. The highest BCUT2D eigenvalue weighted by molar-refractivity contribution is 6.29. The van der Waals surface area contributed by atoms with Crippen molar-refractivity contribution in [2.24, 2.45) is 0 Å². The molecule has 3 N–H and O–H groups in total. The van der Waals surface area contributed by atoms with Crippen molar-refractivity contribution in [2.45, 2.75) is 25.4 Å². The topological polar surface area (TPSA) is 73.1 Å². The summed E-state index contributed by atoms with van der Waals surface area (Å²) in [6.07, 6.45) is 2.15. The summed E-state index contributed by atoms with van der Waals surface area (Å²) in [5.74, 6) is 0.807. The van der Waals surface area contributed by atoms with E-state index >= 15 is 0 Å². The minimum absolute atomic E-state index is 0.119. The van der Waals surface area contributed by atoms with E-state index in [-0.39, 0.29) is 11.5 Å². The maximum atomic E-state index is 5.78. The molecule has 2 rings (SSSR count). The number of ether oxygens (including phenoxy) is 1. The summed E-state index contributed by atoms with van der Waals surface area (Å²) in [4.78, 5) is 7.83. The molecule has 0 bridgehead atoms. The third-order valence-corrected chi connectivity index (χ3v) is 2.85. The highest BCUT2D eigenvalue weighted by Gasteiger charge is 2.29. The van der Waals surface area contributed by atoms with Crippen LogP contribution in [0.4, 0.5) is 11.8 Å². The fourth-order valence-corrected chi connectivity index (χ4v) is 1.97. The zero-order chi connectivity index (χ0) is 11.6. The van der Waals surface area contributed by atoms with Crippen LogP contribution in [0.3, 0.4) is 0 Å². The molecule has 1 aliphatic heterocycles. The Hall–Kier alpha value is -1.07. The van der Waals surface area contributed by atoms with E-state index in [1.807, 2.05) is 0 Å². The van der Waals surface area contributed by atoms with Crippen molar-refractivity contribution in [3.63, 3.8) is 0 Å². The molecule has 5 nitrogen and oxygen atoms in total. The van der Waals surface area contributed by atoms with E-state index in [0.717, 1.165) is 19.4 Å². The molecule has 0 aromatic carbocycles. The van der Waals surface area contributed by atoms with Gasteiger partial charge in [-0.05, 0) is 19.8 Å². The van der Waals surface area contributed by atoms with Crippen LogP contribution >= 0.6 is 11.6 Å². The zero-order valence-corrected chi connectivity index (χ0v) is 9.92. The number of halogens is 1. The van der Waals surface area contributed by atoms with E-state index in [9.17, 15) is 0 Å². The molecule has 0 spiro atoms. The molecular formula is C10H15ClN4O. The molecule has 2 heterocycles. The second-order valence-corrected chi connectivity index (χ2v) is 4.58. The van der Waals surface area contributed by atoms with Crippen molar-refractivity contribution in [2.75, 3.05) is 24.2 Å². The van der Waals surface area contributed by atoms with Crippen LogP contribution in [0, 0.1) is 0 Å². The molecule has 1 atom stereocenters. The third-order valence-electron chi connectivity index (χ3n) is 2.66. The van der Waals surface area contributed by atoms with Gasteiger partial charge in [-0.15, -0.1) is 0 Å². The standard InChI is InChI=1S/C10H15ClN4O/c1-10(3-2-4-16-10)6-13-8-5-7(11)14-9(12)15-8/h5H,2-4,6H2,1H3,(H3,12,13,14,15). The monoisotopic (exact) mass is 242 g/mol. The number of hydrogen-bond donors (Lipinski definition) is 2. The van der Waals surface area contributed by atoms with Crippen LogP contribution in [-0.4, -0.2) is 28.7 Å². The Morgan fingerprint density at radius 2 is 2.44 bits per heavy atom. The Balaban J connectivity index is 1.98. The van der Waals surface area contributed by atoms with Gasteiger partial charge in [0.15, 0.2) is 0 Å². The lowest BCUT2D eigenvalue weighted by Gasteiger charge is -2.23. The number of nitrogens with two attached hydrogens (primary N) is 1. The molecule has 0 saturated carbocycles. The normalized spacial score (nSPS) is 24.6. The average Bonchev–Trinajstić information content (AvgIpc) is 2.62. The van der Waals surface area contributed by atoms with E-state index in [1.165, 1.54) is 0 Å². The van der Waals surface area contributed by atoms with E-state index in [2.05, 4.69) is 22.2 Å². The SMILES string of the molecule is CC1(CNc2cc(Cl)nc(N)n2)CCCO1. The molecule has 1 unspecified atom stereocenters. The van der Waals surface area contributed by atoms with Crippen LogP contribution in [0.5, 0.6) is 0 Å². The van der Waals surface area contributed by atoms with Crippen molar-refractivity contribution >= 4 is 23.4 Å². The first kappa shape index (κ1) is 11.4. The molecule has 16 heavy (non-hydrogen) atoms. The van der Waals surface area contributed by atoms with Gasteiger partial charge >= 0.3 is 0 Å². The minimum atomic E-state index is -0.119. The lowest BCUT2D eigenvalue weighted by atomic mass is 10.0. The van der Waals surface area contributed by atoms with Crippen molar-refractivity contribution in [1.29, 1.82) is 0 Å². The molecule has 1 saturated heterocycles. The number of hydrogen-bond acceptors (Lipinski definition) is 5. The van der Waals surface area contributed by atoms with Crippen molar-refractivity contribution in [1.82, 2.24) is 9.97 Å². The summed E-state index contributed by atoms with van der Waals surface area (Å²) in [6, 6.07) is 1.65. The van der Waals surface area contributed by atoms with Gasteiger partial charge in [-0.2, -0.15) is 4.98 Å². The Labute approximate surface area is 99.4 Å². The second kappa shape index (κ2) is 4.43. The quantitative estimate of drug-likeness (QED) is 0.790. The number of rotatable bonds is 3. The van der Waals surface area contributed by atoms with Crippen LogP contribution in [0.1, 0.15) is 19.8 Å². The van der Waals surface area contributed by atoms with Crippen molar-refractivity contribution in [3.05, 3.63) is 11.2 Å². The van der Waals surface area contributed by atoms with Gasteiger partial charge in [-0.3, -0.25) is 0 Å². The third kappa shape index (κ3) is 2.74. The molecule has 88 valence electrons. The first-order valence-corrected chi connectivity index (χ1v) is 5.63. The summed E-state index contributed by atoms with van der Waals surface area (Å²) < 4.78 is 5.65. The number of aromatic nitrogens is 2. The fourth-order valence-electron chi connectivity index (χ4n) is 1.78. The Kier molecular flexibility index (Phi) is 3.16. The predicted octanol–water partition coefficient (Wildman–Crippen LogP) is 1.69. The Morgan fingerprint density at radius 3 is 3.06 bits per heavy atom. The van der Waals surface area contributed by atoms with Gasteiger partial charge in [0.1, 0.15) is 11.0 Å². The van der Waals surface area contributed by atoms with Crippen molar-refractivity contribution in [3.8, 4) is 0 Å². The van der Waals surface area contributed by atoms with Gasteiger partial charge in [0, 0.05) is 19.2 Å². The zero-order valence-electron chi connectivity index (χ0n) is 9.16. The smallest absolute Gasteiger partial charge is 0.223 e. The highest BCUT2D eigenvalue weighted by Crippen LogP contribution is 2.25. The van der Waals surface area contributed by atoms with Gasteiger partial charge in [-0.25, -0.2) is 4.98 Å². The van der Waals surface area contributed by atoms with Gasteiger partial charge < -0.3 is 15.8 Å². The van der Waals surface area contributed by atoms with Crippen LogP contribution in [0.15, 0.2) is 6.07 Å². The minimum Gasteiger partial charge on any atom is -0.373 e. The van der Waals surface area contributed by atoms with Crippen LogP contribution < -0.4 is 11.1 Å². The molecule has 1 aliphatic rings. The van der Waals surface area contributed by atoms with Gasteiger partial charge in [0.25, 0.3) is 0 Å². The van der Waals surface area contributed by atoms with Crippen molar-refractivity contribution < 1.29 is 4.74 Å². The maximum Gasteiger partial charge on any atom is 0.223 e. The summed E-state index contributed by atoms with van der Waals surface area (Å²) in [7, 11) is 0. The predicted molar refractivity (Wildman–Crippen MR) is 63.5 cm³/mol. The molecule has 0 amide bonds. The first-order chi connectivity index (χ1) is 7.57. The maximum absolute atomic E-state index is 5.78. The van der Waals surface area contributed by atoms with E-state index in [4.69, 9.17) is 22.1 Å². The molecule has 1 aromatic heterocycles. The lowest BCUT2D eigenvalue weighted by molar-refractivity contribution is 0.0315.